The fourth-order valence-electron chi connectivity index (χ4n) is 1.86. The highest BCUT2D eigenvalue weighted by Crippen LogP contribution is 2.33. The molecule has 5 nitrogen and oxygen atoms in total. The van der Waals surface area contributed by atoms with Crippen molar-refractivity contribution in [2.45, 2.75) is 18.6 Å². The number of nitrogens with zero attached hydrogens (tertiary/aromatic N) is 4. The number of benzene rings is 1. The van der Waals surface area contributed by atoms with Crippen molar-refractivity contribution in [3.63, 3.8) is 0 Å². The number of hydrogen-bond donors (Lipinski definition) is 1. The normalized spacial score (nSPS) is 22.7. The van der Waals surface area contributed by atoms with Crippen LogP contribution >= 0.6 is 0 Å². The van der Waals surface area contributed by atoms with Crippen LogP contribution in [-0.4, -0.2) is 11.1 Å². The van der Waals surface area contributed by atoms with Gasteiger partial charge in [0.25, 0.3) is 0 Å². The minimum absolute atomic E-state index is 0.445. The van der Waals surface area contributed by atoms with Gasteiger partial charge in [0.1, 0.15) is 0 Å². The zero-order valence-electron chi connectivity index (χ0n) is 7.83. The predicted molar refractivity (Wildman–Crippen MR) is 52.8 cm³/mol. The van der Waals surface area contributed by atoms with Gasteiger partial charge in [0.15, 0.2) is 0 Å². The van der Waals surface area contributed by atoms with Crippen LogP contribution in [0, 0.1) is 11.3 Å². The molecule has 0 amide bonds. The van der Waals surface area contributed by atoms with E-state index in [4.69, 9.17) is 10.8 Å². The zero-order valence-corrected chi connectivity index (χ0v) is 7.83. The van der Waals surface area contributed by atoms with E-state index in [9.17, 15) is 5.11 Å². The van der Waals surface area contributed by atoms with Crippen LogP contribution < -0.4 is 0 Å². The molecule has 0 heterocycles. The molecule has 1 aliphatic carbocycles. The molecule has 0 radical (unpaired) electrons. The number of fused-ring (bicyclic) bond motifs is 1. The molecule has 2 unspecified atom stereocenters. The van der Waals surface area contributed by atoms with Crippen molar-refractivity contribution in [1.82, 2.24) is 0 Å². The standard InChI is InChI=1S/C10H8N4O/c11-5-6-1-2-8-7(3-6)4-9(10(8)15)13-14-12/h1-3,9-10,15H,4H2. The molecule has 0 saturated carbocycles. The van der Waals surface area contributed by atoms with Crippen LogP contribution in [0.1, 0.15) is 22.8 Å². The summed E-state index contributed by atoms with van der Waals surface area (Å²) < 4.78 is 0. The molecule has 5 heteroatoms. The van der Waals surface area contributed by atoms with E-state index in [2.05, 4.69) is 10.0 Å². The Bertz CT molecular complexity index is 485. The minimum Gasteiger partial charge on any atom is -0.388 e. The third-order valence-corrected chi connectivity index (χ3v) is 2.58. The van der Waals surface area contributed by atoms with Crippen LogP contribution in [0.4, 0.5) is 0 Å². The lowest BCUT2D eigenvalue weighted by molar-refractivity contribution is 0.159. The summed E-state index contributed by atoms with van der Waals surface area (Å²) in [7, 11) is 0. The van der Waals surface area contributed by atoms with Crippen molar-refractivity contribution in [3.05, 3.63) is 45.3 Å². The summed E-state index contributed by atoms with van der Waals surface area (Å²) in [6.07, 6.45) is -0.251. The van der Waals surface area contributed by atoms with Gasteiger partial charge in [0, 0.05) is 4.91 Å². The maximum Gasteiger partial charge on any atom is 0.0991 e. The molecule has 0 fully saturated rings. The monoisotopic (exact) mass is 200 g/mol. The molecule has 2 rings (SSSR count). The Morgan fingerprint density at radius 1 is 1.60 bits per heavy atom. The first-order valence-corrected chi connectivity index (χ1v) is 4.51. The average Bonchev–Trinajstić information content (AvgIpc) is 2.56. The van der Waals surface area contributed by atoms with E-state index < -0.39 is 12.1 Å². The summed E-state index contributed by atoms with van der Waals surface area (Å²) in [5.74, 6) is 0. The van der Waals surface area contributed by atoms with Crippen molar-refractivity contribution < 1.29 is 5.11 Å². The van der Waals surface area contributed by atoms with Crippen LogP contribution in [0.5, 0.6) is 0 Å². The van der Waals surface area contributed by atoms with Gasteiger partial charge in [-0.2, -0.15) is 5.26 Å². The topological polar surface area (TPSA) is 92.8 Å². The Labute approximate surface area is 86.2 Å². The number of nitriles is 1. The summed E-state index contributed by atoms with van der Waals surface area (Å²) in [4.78, 5) is 2.69. The van der Waals surface area contributed by atoms with E-state index in [0.717, 1.165) is 11.1 Å². The number of azide groups is 1. The smallest absolute Gasteiger partial charge is 0.0991 e. The van der Waals surface area contributed by atoms with Crippen LogP contribution in [0.2, 0.25) is 0 Å². The molecule has 15 heavy (non-hydrogen) atoms. The molecule has 1 N–H and O–H groups in total. The predicted octanol–water partition coefficient (Wildman–Crippen LogP) is 1.83. The number of aliphatic hydroxyl groups excluding tert-OH is 1. The molecular formula is C10H8N4O. The van der Waals surface area contributed by atoms with Gasteiger partial charge in [-0.25, -0.2) is 0 Å². The lowest BCUT2D eigenvalue weighted by atomic mass is 10.1. The second-order valence-corrected chi connectivity index (χ2v) is 3.45. The lowest BCUT2D eigenvalue weighted by Crippen LogP contribution is -2.09. The molecule has 0 aliphatic heterocycles. The van der Waals surface area contributed by atoms with Gasteiger partial charge in [-0.15, -0.1) is 0 Å². The average molecular weight is 200 g/mol. The largest absolute Gasteiger partial charge is 0.388 e. The van der Waals surface area contributed by atoms with Crippen LogP contribution in [0.15, 0.2) is 23.3 Å². The summed E-state index contributed by atoms with van der Waals surface area (Å²) >= 11 is 0. The third kappa shape index (κ3) is 1.52. The first-order valence-electron chi connectivity index (χ1n) is 4.51. The first kappa shape index (κ1) is 9.53. The van der Waals surface area contributed by atoms with E-state index in [0.29, 0.717) is 12.0 Å². The summed E-state index contributed by atoms with van der Waals surface area (Å²) in [6, 6.07) is 6.68. The van der Waals surface area contributed by atoms with Gasteiger partial charge in [-0.05, 0) is 35.2 Å². The molecule has 0 aromatic heterocycles. The second-order valence-electron chi connectivity index (χ2n) is 3.45. The van der Waals surface area contributed by atoms with Gasteiger partial charge in [-0.1, -0.05) is 11.2 Å². The molecule has 1 aliphatic rings. The molecule has 74 valence electrons. The molecule has 1 aromatic carbocycles. The van der Waals surface area contributed by atoms with E-state index in [1.165, 1.54) is 0 Å². The minimum atomic E-state index is -0.747. The van der Waals surface area contributed by atoms with E-state index >= 15 is 0 Å². The Kier molecular flexibility index (Phi) is 2.30. The highest BCUT2D eigenvalue weighted by atomic mass is 16.3. The van der Waals surface area contributed by atoms with Gasteiger partial charge in [0.2, 0.25) is 0 Å². The summed E-state index contributed by atoms with van der Waals surface area (Å²) in [6.45, 7) is 0. The highest BCUT2D eigenvalue weighted by Gasteiger charge is 2.30. The van der Waals surface area contributed by atoms with Crippen molar-refractivity contribution in [1.29, 1.82) is 5.26 Å². The van der Waals surface area contributed by atoms with Gasteiger partial charge in [0.05, 0.1) is 23.8 Å². The van der Waals surface area contributed by atoms with Crippen LogP contribution in [0.3, 0.4) is 0 Å². The highest BCUT2D eigenvalue weighted by molar-refractivity contribution is 5.43. The molecular weight excluding hydrogens is 192 g/mol. The fraction of sp³-hybridized carbons (Fsp3) is 0.300. The quantitative estimate of drug-likeness (QED) is 0.425. The zero-order chi connectivity index (χ0) is 10.8. The van der Waals surface area contributed by atoms with Crippen molar-refractivity contribution in [3.8, 4) is 6.07 Å². The fourth-order valence-corrected chi connectivity index (χ4v) is 1.86. The van der Waals surface area contributed by atoms with E-state index in [1.54, 1.807) is 18.2 Å². The Hall–Kier alpha value is -2.02. The molecule has 2 atom stereocenters. The number of aliphatic hydroxyl groups is 1. The molecule has 0 saturated heterocycles. The Morgan fingerprint density at radius 3 is 3.07 bits per heavy atom. The first-order chi connectivity index (χ1) is 7.26. The van der Waals surface area contributed by atoms with Crippen molar-refractivity contribution >= 4 is 0 Å². The van der Waals surface area contributed by atoms with Gasteiger partial charge in [-0.3, -0.25) is 0 Å². The van der Waals surface area contributed by atoms with Crippen molar-refractivity contribution in [2.75, 3.05) is 0 Å². The molecule has 0 spiro atoms. The van der Waals surface area contributed by atoms with Crippen LogP contribution in [-0.2, 0) is 6.42 Å². The molecule has 1 aromatic rings. The second kappa shape index (κ2) is 3.62. The SMILES string of the molecule is N#Cc1ccc2c(c1)CC(N=[N+]=[N-])C2O. The van der Waals surface area contributed by atoms with Crippen LogP contribution in [0.25, 0.3) is 10.4 Å². The van der Waals surface area contributed by atoms with Gasteiger partial charge >= 0.3 is 0 Å². The Balaban J connectivity index is 2.41. The maximum atomic E-state index is 9.79. The summed E-state index contributed by atoms with van der Waals surface area (Å²) in [5.41, 5.74) is 10.5. The summed E-state index contributed by atoms with van der Waals surface area (Å²) in [5, 5.41) is 22.0. The van der Waals surface area contributed by atoms with Gasteiger partial charge < -0.3 is 5.11 Å². The number of hydrogen-bond acceptors (Lipinski definition) is 3. The maximum absolute atomic E-state index is 9.79. The number of rotatable bonds is 1. The van der Waals surface area contributed by atoms with Crippen molar-refractivity contribution in [2.24, 2.45) is 5.11 Å². The lowest BCUT2D eigenvalue weighted by Gasteiger charge is -2.07. The third-order valence-electron chi connectivity index (χ3n) is 2.58. The molecule has 0 bridgehead atoms. The van der Waals surface area contributed by atoms with E-state index in [-0.39, 0.29) is 0 Å². The van der Waals surface area contributed by atoms with E-state index in [1.807, 2.05) is 6.07 Å². The Morgan fingerprint density at radius 2 is 2.40 bits per heavy atom.